The zero-order valence-corrected chi connectivity index (χ0v) is 38.1. The summed E-state index contributed by atoms with van der Waals surface area (Å²) in [5.74, 6) is -3.41. The molecule has 30 heteroatoms. The van der Waals surface area contributed by atoms with Crippen molar-refractivity contribution in [3.05, 3.63) is 78.0 Å². The molecule has 1 heterocycles. The van der Waals surface area contributed by atoms with Crippen molar-refractivity contribution in [3.8, 4) is 40.3 Å². The van der Waals surface area contributed by atoms with Crippen molar-refractivity contribution >= 4 is 81.2 Å². The average molecular weight is 1020 g/mol. The Bertz CT molecular complexity index is 3450. The van der Waals surface area contributed by atoms with Crippen LogP contribution in [-0.2, 0) is 30.4 Å². The smallest absolute Gasteiger partial charge is 0.296 e. The molecule has 27 nitrogen and oxygen atoms in total. The number of benzene rings is 5. The monoisotopic (exact) mass is 1020 g/mol. The number of phenolic OH excluding ortho intramolecular Hbond substituents is 1. The van der Waals surface area contributed by atoms with Crippen LogP contribution in [0.15, 0.2) is 112 Å². The molecule has 0 saturated heterocycles. The van der Waals surface area contributed by atoms with Crippen LogP contribution in [-0.4, -0.2) is 116 Å². The molecule has 0 aliphatic heterocycles. The zero-order valence-electron chi connectivity index (χ0n) is 35.7. The number of aliphatic hydroxyl groups excluding tert-OH is 2. The maximum absolute atomic E-state index is 12.8. The van der Waals surface area contributed by atoms with Gasteiger partial charge in [-0.2, -0.15) is 35.0 Å². The number of hydrogen-bond acceptors (Lipinski definition) is 22. The van der Waals surface area contributed by atoms with Gasteiger partial charge >= 0.3 is 0 Å². The van der Waals surface area contributed by atoms with Crippen LogP contribution < -0.4 is 24.7 Å². The van der Waals surface area contributed by atoms with E-state index < -0.39 is 92.9 Å². The van der Waals surface area contributed by atoms with Crippen LogP contribution in [0.3, 0.4) is 0 Å². The van der Waals surface area contributed by atoms with Crippen LogP contribution in [0.5, 0.6) is 34.6 Å². The van der Waals surface area contributed by atoms with E-state index in [0.29, 0.717) is 0 Å². The lowest BCUT2D eigenvalue weighted by atomic mass is 10.1. The zero-order chi connectivity index (χ0) is 50.6. The third kappa shape index (κ3) is 11.2. The van der Waals surface area contributed by atoms with Crippen molar-refractivity contribution in [1.29, 1.82) is 0 Å². The van der Waals surface area contributed by atoms with Crippen LogP contribution >= 0.6 is 0 Å². The number of amides is 1. The summed E-state index contributed by atoms with van der Waals surface area (Å²) in [4.78, 5) is 10.3. The maximum Gasteiger partial charge on any atom is 0.296 e. The van der Waals surface area contributed by atoms with Gasteiger partial charge in [0, 0.05) is 29.7 Å². The number of methoxy groups -OCH3 is 2. The van der Waals surface area contributed by atoms with Crippen LogP contribution in [0.25, 0.3) is 16.5 Å². The Kier molecular flexibility index (Phi) is 14.9. The SMILES string of the molecule is COc1ccc(/N=N/c2cc(OCCO)c(/N=N/c3c(S(=O)(=O)O)cc4cc(-n5nc(C(N)=O)c(/N=N/c6cc(C)c(S(=O)(=O)O)cc6OC)c5O)ccc4c3O)cc2OCCO)c(S(=O)(=O)O)c1. The van der Waals surface area contributed by atoms with E-state index in [1.807, 2.05) is 0 Å². The molecule has 0 saturated carbocycles. The molecule has 0 fully saturated rings. The number of aromatic nitrogens is 2. The van der Waals surface area contributed by atoms with E-state index in [4.69, 9.17) is 24.7 Å². The van der Waals surface area contributed by atoms with E-state index in [1.54, 1.807) is 0 Å². The molecule has 0 aliphatic carbocycles. The summed E-state index contributed by atoms with van der Waals surface area (Å²) >= 11 is 0. The Balaban J connectivity index is 1.44. The molecule has 69 heavy (non-hydrogen) atoms. The van der Waals surface area contributed by atoms with Crippen LogP contribution in [0.1, 0.15) is 16.1 Å². The minimum Gasteiger partial charge on any atom is -0.505 e. The quantitative estimate of drug-likeness (QED) is 0.0362. The highest BCUT2D eigenvalue weighted by Gasteiger charge is 2.27. The number of hydrogen-bond donors (Lipinski definition) is 8. The molecule has 364 valence electrons. The maximum atomic E-state index is 12.8. The summed E-state index contributed by atoms with van der Waals surface area (Å²) in [5.41, 5.74) is 2.56. The van der Waals surface area contributed by atoms with Gasteiger partial charge in [0.05, 0.1) is 33.1 Å². The molecule has 0 atom stereocenters. The fourth-order valence-corrected chi connectivity index (χ4v) is 8.26. The summed E-state index contributed by atoms with van der Waals surface area (Å²) < 4.78 is 125. The van der Waals surface area contributed by atoms with Gasteiger partial charge in [0.25, 0.3) is 36.3 Å². The van der Waals surface area contributed by atoms with E-state index in [0.717, 1.165) is 35.0 Å². The summed E-state index contributed by atoms with van der Waals surface area (Å²) in [5, 5.41) is 69.3. The van der Waals surface area contributed by atoms with E-state index in [2.05, 4.69) is 35.8 Å². The Hall–Kier alpha value is -7.71. The first kappa shape index (κ1) is 50.7. The molecule has 9 N–H and O–H groups in total. The van der Waals surface area contributed by atoms with Gasteiger partial charge in [0.1, 0.15) is 79.3 Å². The van der Waals surface area contributed by atoms with Crippen molar-refractivity contribution < 1.29 is 83.1 Å². The number of aromatic hydroxyl groups is 2. The van der Waals surface area contributed by atoms with Crippen molar-refractivity contribution in [2.24, 2.45) is 36.4 Å². The second-order valence-electron chi connectivity index (χ2n) is 13.9. The number of azo groups is 3. The van der Waals surface area contributed by atoms with E-state index in [1.165, 1.54) is 57.5 Å². The van der Waals surface area contributed by atoms with Gasteiger partial charge in [-0.25, -0.2) is 0 Å². The Morgan fingerprint density at radius 3 is 1.72 bits per heavy atom. The van der Waals surface area contributed by atoms with Crippen LogP contribution in [0.2, 0.25) is 0 Å². The average Bonchev–Trinajstić information content (AvgIpc) is 3.63. The molecule has 5 aromatic carbocycles. The van der Waals surface area contributed by atoms with Gasteiger partial charge in [-0.3, -0.25) is 18.5 Å². The minimum absolute atomic E-state index is 0.0347. The molecule has 0 spiro atoms. The molecule has 1 amide bonds. The molecular weight excluding hydrogens is 979 g/mol. The first-order chi connectivity index (χ1) is 32.5. The highest BCUT2D eigenvalue weighted by molar-refractivity contribution is 7.86. The predicted octanol–water partition coefficient (Wildman–Crippen LogP) is 5.59. The standard InChI is InChI=1S/C39H37N9O18S3/c1-19-12-25(28(64-3)18-31(19)67(54,55)56)43-46-36-35(38(40)52)47-48(39(36)53)21-4-6-23-20(13-21)14-33(69(60,61)62)34(37(23)51)45-44-27-17-29(65-10-8-49)26(16-30(27)66-11-9-50)42-41-24-7-5-22(63-2)15-32(24)68(57,58)59/h4-7,12-18,49-51,53H,8-11H2,1-3H3,(H2,40,52)(H,54,55,56)(H,57,58,59)(H,60,61,62)/b42-41+,45-44+,46-43+. The van der Waals surface area contributed by atoms with Gasteiger partial charge in [-0.1, -0.05) is 0 Å². The Morgan fingerprint density at radius 2 is 1.19 bits per heavy atom. The van der Waals surface area contributed by atoms with Gasteiger partial charge < -0.3 is 45.1 Å². The number of carbonyl (C=O) groups excluding carboxylic acids is 1. The normalized spacial score (nSPS) is 12.4. The molecular formula is C39H37N9O18S3. The number of fused-ring (bicyclic) bond motifs is 1. The first-order valence-corrected chi connectivity index (χ1v) is 23.4. The molecule has 0 unspecified atom stereocenters. The van der Waals surface area contributed by atoms with Crippen LogP contribution in [0, 0.1) is 6.92 Å². The second-order valence-corrected chi connectivity index (χ2v) is 18.0. The number of nitrogens with two attached hydrogens (primary N) is 1. The largest absolute Gasteiger partial charge is 0.505 e. The fourth-order valence-electron chi connectivity index (χ4n) is 6.24. The highest BCUT2D eigenvalue weighted by Crippen LogP contribution is 2.46. The Labute approximate surface area is 389 Å². The van der Waals surface area contributed by atoms with Gasteiger partial charge in [0.15, 0.2) is 17.1 Å². The molecule has 6 aromatic rings. The molecule has 1 aromatic heterocycles. The lowest BCUT2D eigenvalue weighted by Crippen LogP contribution is -2.12. The summed E-state index contributed by atoms with van der Waals surface area (Å²) in [6.45, 7) is -0.404. The van der Waals surface area contributed by atoms with Gasteiger partial charge in [0.2, 0.25) is 5.88 Å². The number of aryl methyl sites for hydroxylation is 1. The number of primary amides is 1. The fraction of sp³-hybridized carbons (Fsp3) is 0.179. The topological polar surface area (TPSA) is 416 Å². The number of phenols is 1. The second kappa shape index (κ2) is 20.3. The number of rotatable bonds is 19. The van der Waals surface area contributed by atoms with E-state index >= 15 is 0 Å². The highest BCUT2D eigenvalue weighted by atomic mass is 32.2. The first-order valence-electron chi connectivity index (χ1n) is 19.1. The molecule has 0 bridgehead atoms. The third-order valence-electron chi connectivity index (χ3n) is 9.35. The molecule has 0 aliphatic rings. The van der Waals surface area contributed by atoms with Crippen molar-refractivity contribution in [3.63, 3.8) is 0 Å². The van der Waals surface area contributed by atoms with Gasteiger partial charge in [-0.15, -0.1) is 30.7 Å². The summed E-state index contributed by atoms with van der Waals surface area (Å²) in [6.07, 6.45) is 0. The lowest BCUT2D eigenvalue weighted by molar-refractivity contribution is 0.0995. The molecule has 6 rings (SSSR count). The van der Waals surface area contributed by atoms with Crippen molar-refractivity contribution in [2.45, 2.75) is 21.6 Å². The van der Waals surface area contributed by atoms with E-state index in [-0.39, 0.29) is 81.0 Å². The number of carbonyl (C=O) groups is 1. The number of aliphatic hydroxyl groups is 2. The molecule has 0 radical (unpaired) electrons. The summed E-state index contributed by atoms with van der Waals surface area (Å²) in [6, 6.07) is 12.5. The summed E-state index contributed by atoms with van der Waals surface area (Å²) in [7, 11) is -12.3. The van der Waals surface area contributed by atoms with Crippen molar-refractivity contribution in [1.82, 2.24) is 9.78 Å². The third-order valence-corrected chi connectivity index (χ3v) is 12.1. The van der Waals surface area contributed by atoms with E-state index in [9.17, 15) is 64.1 Å². The number of nitrogens with zero attached hydrogens (tertiary/aromatic N) is 8. The predicted molar refractivity (Wildman–Crippen MR) is 237 cm³/mol. The van der Waals surface area contributed by atoms with Gasteiger partial charge in [-0.05, 0) is 60.3 Å². The lowest BCUT2D eigenvalue weighted by Gasteiger charge is -2.13. The number of ether oxygens (including phenoxy) is 4. The van der Waals surface area contributed by atoms with Crippen LogP contribution in [0.4, 0.5) is 34.1 Å². The Morgan fingerprint density at radius 1 is 0.638 bits per heavy atom. The van der Waals surface area contributed by atoms with Crippen molar-refractivity contribution in [2.75, 3.05) is 40.6 Å². The minimum atomic E-state index is -5.25.